The van der Waals surface area contributed by atoms with Crippen molar-refractivity contribution in [2.24, 2.45) is 5.73 Å². The summed E-state index contributed by atoms with van der Waals surface area (Å²) >= 11 is 2.72. The highest BCUT2D eigenvalue weighted by atomic mass is 32.2. The zero-order valence-corrected chi connectivity index (χ0v) is 14.1. The number of hydrogen-bond acceptors (Lipinski definition) is 6. The molecule has 0 fully saturated rings. The van der Waals surface area contributed by atoms with Gasteiger partial charge in [-0.2, -0.15) is 0 Å². The summed E-state index contributed by atoms with van der Waals surface area (Å²) in [5.41, 5.74) is 5.46. The predicted octanol–water partition coefficient (Wildman–Crippen LogP) is 0.173. The zero-order chi connectivity index (χ0) is 15.8. The molecule has 116 valence electrons. The van der Waals surface area contributed by atoms with Crippen LogP contribution in [0, 0.1) is 0 Å². The quantitative estimate of drug-likeness (QED) is 0.594. The highest BCUT2D eigenvalue weighted by Crippen LogP contribution is 2.22. The summed E-state index contributed by atoms with van der Waals surface area (Å²) in [5, 5.41) is 4.05. The summed E-state index contributed by atoms with van der Waals surface area (Å²) in [6.07, 6.45) is 4.25. The highest BCUT2D eigenvalue weighted by Gasteiger charge is 2.01. The first-order chi connectivity index (χ1) is 9.92. The molecule has 5 nitrogen and oxygen atoms in total. The molecule has 1 heterocycles. The van der Waals surface area contributed by atoms with E-state index in [2.05, 4.69) is 28.4 Å². The fraction of sp³-hybridized carbons (Fsp3) is 0.357. The van der Waals surface area contributed by atoms with Crippen molar-refractivity contribution >= 4 is 35.8 Å². The van der Waals surface area contributed by atoms with Crippen LogP contribution in [0.4, 0.5) is 0 Å². The Balaban J connectivity index is 2.57. The van der Waals surface area contributed by atoms with Gasteiger partial charge < -0.3 is 20.9 Å². The van der Waals surface area contributed by atoms with Crippen molar-refractivity contribution in [2.75, 3.05) is 27.2 Å². The summed E-state index contributed by atoms with van der Waals surface area (Å²) < 4.78 is 1.22. The van der Waals surface area contributed by atoms with E-state index in [1.54, 1.807) is 6.08 Å². The van der Waals surface area contributed by atoms with Crippen LogP contribution in [0.3, 0.4) is 0 Å². The Bertz CT molecular complexity index is 657. The number of hydrogen-bond donors (Lipinski definition) is 3. The standard InChI is InChI=1S/C14H22N4OS2/c1-10(16-6-5-7-18(3)4)20-12(9-15)8-13-14(19)17-11(2)21-13/h8-9,16H,1-2,5-7,15H2,3-4H3,(H,17,19)/b12-9-,13-8-. The molecular weight excluding hydrogens is 304 g/mol. The van der Waals surface area contributed by atoms with Crippen LogP contribution in [0.2, 0.25) is 0 Å². The van der Waals surface area contributed by atoms with Crippen LogP contribution in [0.5, 0.6) is 0 Å². The average Bonchev–Trinajstić information content (AvgIpc) is 2.72. The van der Waals surface area contributed by atoms with Gasteiger partial charge in [-0.1, -0.05) is 24.9 Å². The van der Waals surface area contributed by atoms with E-state index in [0.29, 0.717) is 9.20 Å². The normalized spacial score (nSPS) is 12.9. The molecular formula is C14H22N4OS2. The van der Waals surface area contributed by atoms with Crippen molar-refractivity contribution in [2.45, 2.75) is 6.42 Å². The smallest absolute Gasteiger partial charge is 0.266 e. The van der Waals surface area contributed by atoms with E-state index in [0.717, 1.165) is 29.4 Å². The molecule has 1 rings (SSSR count). The van der Waals surface area contributed by atoms with Gasteiger partial charge in [-0.25, -0.2) is 0 Å². The van der Waals surface area contributed by atoms with E-state index < -0.39 is 0 Å². The second-order valence-electron chi connectivity index (χ2n) is 4.67. The van der Waals surface area contributed by atoms with Gasteiger partial charge in [0.15, 0.2) is 0 Å². The van der Waals surface area contributed by atoms with Crippen LogP contribution in [0.25, 0.3) is 12.7 Å². The Labute approximate surface area is 132 Å². The molecule has 0 aliphatic carbocycles. The number of allylic oxidation sites excluding steroid dienone is 1. The van der Waals surface area contributed by atoms with E-state index in [-0.39, 0.29) is 5.56 Å². The average molecular weight is 326 g/mol. The topological polar surface area (TPSA) is 74.2 Å². The maximum Gasteiger partial charge on any atom is 0.266 e. The zero-order valence-electron chi connectivity index (χ0n) is 12.4. The van der Waals surface area contributed by atoms with Gasteiger partial charge in [0.2, 0.25) is 0 Å². The Morgan fingerprint density at radius 1 is 1.57 bits per heavy atom. The van der Waals surface area contributed by atoms with Crippen LogP contribution in [0.1, 0.15) is 6.42 Å². The second kappa shape index (κ2) is 8.76. The third-order valence-corrected chi connectivity index (χ3v) is 4.24. The van der Waals surface area contributed by atoms with Gasteiger partial charge in [0.25, 0.3) is 5.56 Å². The minimum atomic E-state index is -0.144. The molecule has 21 heavy (non-hydrogen) atoms. The van der Waals surface area contributed by atoms with Crippen molar-refractivity contribution in [1.82, 2.24) is 15.2 Å². The highest BCUT2D eigenvalue weighted by molar-refractivity contribution is 8.07. The third-order valence-electron chi connectivity index (χ3n) is 2.49. The maximum atomic E-state index is 11.6. The Morgan fingerprint density at radius 2 is 2.29 bits per heavy atom. The third kappa shape index (κ3) is 6.70. The summed E-state index contributed by atoms with van der Waals surface area (Å²) in [7, 11) is 4.09. The number of aromatic amines is 1. The maximum absolute atomic E-state index is 11.6. The largest absolute Gasteiger partial charge is 0.404 e. The molecule has 7 heteroatoms. The Kier molecular flexibility index (Phi) is 7.35. The molecule has 0 unspecified atom stereocenters. The SMILES string of the molecule is C=C(NCCCN(C)C)SC(=C\N)/C=c1\sc(=C)[nH]c1=O. The van der Waals surface area contributed by atoms with Crippen LogP contribution >= 0.6 is 23.1 Å². The van der Waals surface area contributed by atoms with Gasteiger partial charge >= 0.3 is 0 Å². The van der Waals surface area contributed by atoms with Gasteiger partial charge in [-0.3, -0.25) is 4.79 Å². The lowest BCUT2D eigenvalue weighted by Crippen LogP contribution is -2.20. The molecule has 0 saturated heterocycles. The molecule has 0 aromatic carbocycles. The predicted molar refractivity (Wildman–Crippen MR) is 94.4 cm³/mol. The molecule has 0 radical (unpaired) electrons. The second-order valence-corrected chi connectivity index (χ2v) is 6.97. The number of aromatic nitrogens is 1. The summed E-state index contributed by atoms with van der Waals surface area (Å²) in [6, 6.07) is 0. The molecule has 0 amide bonds. The minimum Gasteiger partial charge on any atom is -0.404 e. The van der Waals surface area contributed by atoms with Crippen molar-refractivity contribution < 1.29 is 0 Å². The molecule has 0 saturated carbocycles. The molecule has 0 aliphatic heterocycles. The van der Waals surface area contributed by atoms with Crippen LogP contribution < -0.4 is 25.8 Å². The lowest BCUT2D eigenvalue weighted by Gasteiger charge is -2.12. The fourth-order valence-electron chi connectivity index (χ4n) is 1.53. The molecule has 1 aromatic rings. The number of thioether (sulfide) groups is 1. The first kappa shape index (κ1) is 17.6. The van der Waals surface area contributed by atoms with Crippen LogP contribution in [0.15, 0.2) is 27.5 Å². The lowest BCUT2D eigenvalue weighted by molar-refractivity contribution is 0.399. The number of thiazole rings is 1. The molecule has 4 N–H and O–H groups in total. The first-order valence-electron chi connectivity index (χ1n) is 6.49. The first-order valence-corrected chi connectivity index (χ1v) is 8.12. The Morgan fingerprint density at radius 3 is 2.81 bits per heavy atom. The molecule has 0 aliphatic rings. The van der Waals surface area contributed by atoms with Crippen molar-refractivity contribution in [3.63, 3.8) is 0 Å². The van der Waals surface area contributed by atoms with Gasteiger partial charge in [0.05, 0.1) is 14.2 Å². The van der Waals surface area contributed by atoms with E-state index in [4.69, 9.17) is 5.73 Å². The van der Waals surface area contributed by atoms with Gasteiger partial charge in [0, 0.05) is 17.6 Å². The number of rotatable bonds is 8. The van der Waals surface area contributed by atoms with E-state index in [1.807, 2.05) is 14.1 Å². The van der Waals surface area contributed by atoms with Crippen LogP contribution in [-0.2, 0) is 0 Å². The summed E-state index contributed by atoms with van der Waals surface area (Å²) in [6.45, 7) is 9.54. The van der Waals surface area contributed by atoms with Crippen molar-refractivity contribution in [3.8, 4) is 0 Å². The Hall–Kier alpha value is -1.44. The molecule has 1 aromatic heterocycles. The number of nitrogens with one attached hydrogen (secondary N) is 2. The molecule has 0 atom stereocenters. The van der Waals surface area contributed by atoms with Gasteiger partial charge in [-0.15, -0.1) is 11.3 Å². The van der Waals surface area contributed by atoms with Gasteiger partial charge in [-0.05, 0) is 33.1 Å². The summed E-state index contributed by atoms with van der Waals surface area (Å²) in [5.74, 6) is 0. The lowest BCUT2D eigenvalue weighted by atomic mass is 10.4. The van der Waals surface area contributed by atoms with E-state index in [1.165, 1.54) is 29.3 Å². The van der Waals surface area contributed by atoms with E-state index in [9.17, 15) is 4.79 Å². The van der Waals surface area contributed by atoms with E-state index >= 15 is 0 Å². The van der Waals surface area contributed by atoms with Crippen molar-refractivity contribution in [3.05, 3.63) is 42.3 Å². The minimum absolute atomic E-state index is 0.144. The summed E-state index contributed by atoms with van der Waals surface area (Å²) in [4.78, 5) is 17.2. The number of nitrogens with two attached hydrogens (primary N) is 1. The number of H-pyrrole nitrogens is 1. The van der Waals surface area contributed by atoms with Crippen LogP contribution in [-0.4, -0.2) is 37.1 Å². The molecule has 0 spiro atoms. The number of nitrogens with zero attached hydrogens (tertiary/aromatic N) is 1. The fourth-order valence-corrected chi connectivity index (χ4v) is 3.05. The van der Waals surface area contributed by atoms with Crippen molar-refractivity contribution in [1.29, 1.82) is 0 Å². The van der Waals surface area contributed by atoms with Gasteiger partial charge in [0.1, 0.15) is 0 Å². The molecule has 0 bridgehead atoms. The monoisotopic (exact) mass is 326 g/mol.